The molecule has 0 aliphatic carbocycles. The maximum Gasteiger partial charge on any atom is 0.254 e. The molecule has 20 heavy (non-hydrogen) atoms. The number of hydrogen-bond donors (Lipinski definition) is 3. The number of hydrogen-bond acceptors (Lipinski definition) is 4. The number of nitrogens with one attached hydrogen (secondary N) is 2. The van der Waals surface area contributed by atoms with Crippen LogP contribution in [0.4, 0.5) is 5.69 Å². The molecule has 1 aromatic rings. The molecule has 0 aliphatic heterocycles. The topological polar surface area (TPSA) is 97.1 Å². The third-order valence-electron chi connectivity index (χ3n) is 2.89. The van der Waals surface area contributed by atoms with Gasteiger partial charge in [-0.05, 0) is 18.4 Å². The van der Waals surface area contributed by atoms with Crippen molar-refractivity contribution in [2.24, 2.45) is 11.7 Å². The van der Waals surface area contributed by atoms with E-state index in [9.17, 15) is 9.59 Å². The van der Waals surface area contributed by atoms with Crippen LogP contribution in [0.3, 0.4) is 0 Å². The first-order valence-electron chi connectivity index (χ1n) is 6.75. The molecular formula is C14H22N4O2. The van der Waals surface area contributed by atoms with E-state index in [0.717, 1.165) is 13.0 Å². The van der Waals surface area contributed by atoms with E-state index in [1.54, 1.807) is 18.5 Å². The van der Waals surface area contributed by atoms with Crippen LogP contribution in [0.15, 0.2) is 18.5 Å². The first-order valence-corrected chi connectivity index (χ1v) is 6.75. The Morgan fingerprint density at radius 1 is 1.40 bits per heavy atom. The maximum atomic E-state index is 12.3. The summed E-state index contributed by atoms with van der Waals surface area (Å²) >= 11 is 0. The summed E-state index contributed by atoms with van der Waals surface area (Å²) in [6, 6.07) is 0.931. The second kappa shape index (κ2) is 7.47. The van der Waals surface area contributed by atoms with Gasteiger partial charge in [-0.1, -0.05) is 20.8 Å². The third-order valence-corrected chi connectivity index (χ3v) is 2.89. The lowest BCUT2D eigenvalue weighted by Gasteiger charge is -2.20. The summed E-state index contributed by atoms with van der Waals surface area (Å²) in [6.07, 6.45) is 4.08. The van der Waals surface area contributed by atoms with Crippen molar-refractivity contribution in [3.8, 4) is 0 Å². The largest absolute Gasteiger partial charge is 0.383 e. The second-order valence-corrected chi connectivity index (χ2v) is 4.95. The van der Waals surface area contributed by atoms with E-state index in [4.69, 9.17) is 5.73 Å². The summed E-state index contributed by atoms with van der Waals surface area (Å²) in [6.45, 7) is 6.44. The summed E-state index contributed by atoms with van der Waals surface area (Å²) in [5.74, 6) is -0.931. The molecule has 0 aliphatic rings. The van der Waals surface area contributed by atoms with Crippen LogP contribution in [0.2, 0.25) is 0 Å². The SMILES string of the molecule is CCCNc1cnccc1C(=O)NC(C(N)=O)C(C)C. The quantitative estimate of drug-likeness (QED) is 0.696. The highest BCUT2D eigenvalue weighted by Crippen LogP contribution is 2.14. The molecule has 1 atom stereocenters. The first-order chi connectivity index (χ1) is 9.47. The van der Waals surface area contributed by atoms with E-state index in [1.165, 1.54) is 0 Å². The van der Waals surface area contributed by atoms with Crippen LogP contribution in [0.5, 0.6) is 0 Å². The molecule has 110 valence electrons. The van der Waals surface area contributed by atoms with Gasteiger partial charge >= 0.3 is 0 Å². The molecule has 6 nitrogen and oxygen atoms in total. The van der Waals surface area contributed by atoms with Gasteiger partial charge in [0.25, 0.3) is 5.91 Å². The van der Waals surface area contributed by atoms with Gasteiger partial charge in [-0.3, -0.25) is 14.6 Å². The molecule has 1 aromatic heterocycles. The summed E-state index contributed by atoms with van der Waals surface area (Å²) in [4.78, 5) is 27.6. The van der Waals surface area contributed by atoms with E-state index in [0.29, 0.717) is 11.3 Å². The van der Waals surface area contributed by atoms with Gasteiger partial charge in [0.1, 0.15) is 6.04 Å². The zero-order valence-corrected chi connectivity index (χ0v) is 12.1. The van der Waals surface area contributed by atoms with E-state index < -0.39 is 11.9 Å². The Morgan fingerprint density at radius 3 is 2.65 bits per heavy atom. The van der Waals surface area contributed by atoms with Crippen LogP contribution < -0.4 is 16.4 Å². The lowest BCUT2D eigenvalue weighted by molar-refractivity contribution is -0.120. The molecule has 1 rings (SSSR count). The van der Waals surface area contributed by atoms with Crippen molar-refractivity contribution >= 4 is 17.5 Å². The third kappa shape index (κ3) is 4.22. The minimum absolute atomic E-state index is 0.0645. The number of anilines is 1. The summed E-state index contributed by atoms with van der Waals surface area (Å²) in [5.41, 5.74) is 6.41. The molecule has 1 unspecified atom stereocenters. The molecule has 0 saturated heterocycles. The monoisotopic (exact) mass is 278 g/mol. The summed E-state index contributed by atoms with van der Waals surface area (Å²) in [5, 5.41) is 5.80. The predicted molar refractivity (Wildman–Crippen MR) is 78.3 cm³/mol. The highest BCUT2D eigenvalue weighted by Gasteiger charge is 2.23. The Morgan fingerprint density at radius 2 is 2.10 bits per heavy atom. The Balaban J connectivity index is 2.88. The van der Waals surface area contributed by atoms with Crippen LogP contribution in [-0.4, -0.2) is 29.4 Å². The fourth-order valence-corrected chi connectivity index (χ4v) is 1.78. The molecule has 2 amide bonds. The number of carbonyl (C=O) groups excluding carboxylic acids is 2. The van der Waals surface area contributed by atoms with Crippen LogP contribution in [0, 0.1) is 5.92 Å². The van der Waals surface area contributed by atoms with Crippen molar-refractivity contribution in [2.75, 3.05) is 11.9 Å². The van der Waals surface area contributed by atoms with Gasteiger partial charge in [0.2, 0.25) is 5.91 Å². The van der Waals surface area contributed by atoms with Gasteiger partial charge in [0, 0.05) is 12.7 Å². The molecule has 0 radical (unpaired) electrons. The van der Waals surface area contributed by atoms with Gasteiger partial charge in [-0.2, -0.15) is 0 Å². The van der Waals surface area contributed by atoms with Crippen LogP contribution in [-0.2, 0) is 4.79 Å². The van der Waals surface area contributed by atoms with E-state index in [1.807, 2.05) is 20.8 Å². The van der Waals surface area contributed by atoms with Crippen molar-refractivity contribution in [3.05, 3.63) is 24.0 Å². The van der Waals surface area contributed by atoms with Gasteiger partial charge in [-0.25, -0.2) is 0 Å². The zero-order valence-electron chi connectivity index (χ0n) is 12.1. The highest BCUT2D eigenvalue weighted by molar-refractivity contribution is 6.01. The normalized spacial score (nSPS) is 12.0. The minimum atomic E-state index is -0.685. The molecule has 0 saturated carbocycles. The lowest BCUT2D eigenvalue weighted by Crippen LogP contribution is -2.47. The van der Waals surface area contributed by atoms with Crippen LogP contribution >= 0.6 is 0 Å². The van der Waals surface area contributed by atoms with Crippen LogP contribution in [0.25, 0.3) is 0 Å². The smallest absolute Gasteiger partial charge is 0.254 e. The molecule has 0 bridgehead atoms. The fraction of sp³-hybridized carbons (Fsp3) is 0.500. The predicted octanol–water partition coefficient (Wildman–Crippen LogP) is 1.14. The van der Waals surface area contributed by atoms with Crippen molar-refractivity contribution in [2.45, 2.75) is 33.2 Å². The van der Waals surface area contributed by atoms with Crippen molar-refractivity contribution in [1.82, 2.24) is 10.3 Å². The van der Waals surface area contributed by atoms with Crippen LogP contribution in [0.1, 0.15) is 37.6 Å². The summed E-state index contributed by atoms with van der Waals surface area (Å²) < 4.78 is 0. The number of nitrogens with zero attached hydrogens (tertiary/aromatic N) is 1. The van der Waals surface area contributed by atoms with E-state index in [-0.39, 0.29) is 11.8 Å². The molecule has 4 N–H and O–H groups in total. The lowest BCUT2D eigenvalue weighted by atomic mass is 10.0. The zero-order chi connectivity index (χ0) is 15.1. The number of primary amides is 1. The summed E-state index contributed by atoms with van der Waals surface area (Å²) in [7, 11) is 0. The average molecular weight is 278 g/mol. The van der Waals surface area contributed by atoms with E-state index >= 15 is 0 Å². The first kappa shape index (κ1) is 15.9. The van der Waals surface area contributed by atoms with Gasteiger partial charge in [0.15, 0.2) is 0 Å². The van der Waals surface area contributed by atoms with Crippen molar-refractivity contribution in [1.29, 1.82) is 0 Å². The Bertz CT molecular complexity index is 474. The Kier molecular flexibility index (Phi) is 5.96. The second-order valence-electron chi connectivity index (χ2n) is 4.95. The van der Waals surface area contributed by atoms with Gasteiger partial charge in [-0.15, -0.1) is 0 Å². The fourth-order valence-electron chi connectivity index (χ4n) is 1.78. The number of aromatic nitrogens is 1. The van der Waals surface area contributed by atoms with Crippen molar-refractivity contribution < 1.29 is 9.59 Å². The molecule has 0 spiro atoms. The Hall–Kier alpha value is -2.11. The molecular weight excluding hydrogens is 256 g/mol. The molecule has 6 heteroatoms. The number of pyridine rings is 1. The number of carbonyl (C=O) groups is 2. The number of nitrogens with two attached hydrogens (primary N) is 1. The number of amides is 2. The minimum Gasteiger partial charge on any atom is -0.383 e. The maximum absolute atomic E-state index is 12.3. The van der Waals surface area contributed by atoms with Crippen molar-refractivity contribution in [3.63, 3.8) is 0 Å². The molecule has 1 heterocycles. The highest BCUT2D eigenvalue weighted by atomic mass is 16.2. The molecule has 0 fully saturated rings. The molecule has 0 aromatic carbocycles. The average Bonchev–Trinajstić information content (AvgIpc) is 2.41. The standard InChI is InChI=1S/C14H22N4O2/c1-4-6-17-11-8-16-7-5-10(11)14(20)18-12(9(2)3)13(15)19/h5,7-9,12,17H,4,6H2,1-3H3,(H2,15,19)(H,18,20). The van der Waals surface area contributed by atoms with E-state index in [2.05, 4.69) is 15.6 Å². The number of rotatable bonds is 7. The van der Waals surface area contributed by atoms with Gasteiger partial charge < -0.3 is 16.4 Å². The Labute approximate surface area is 119 Å². The van der Waals surface area contributed by atoms with Gasteiger partial charge in [0.05, 0.1) is 17.4 Å².